The van der Waals surface area contributed by atoms with E-state index in [-0.39, 0.29) is 18.6 Å². The molecule has 1 saturated carbocycles. The lowest BCUT2D eigenvalue weighted by molar-refractivity contribution is -0.150. The molecule has 0 aromatic carbocycles. The van der Waals surface area contributed by atoms with Gasteiger partial charge in [-0.3, -0.25) is 19.9 Å². The number of ether oxygens (including phenoxy) is 1. The molecular weight excluding hydrogens is 308 g/mol. The zero-order valence-electron chi connectivity index (χ0n) is 12.8. The van der Waals surface area contributed by atoms with Crippen molar-refractivity contribution in [3.05, 3.63) is 0 Å². The second-order valence-corrected chi connectivity index (χ2v) is 7.57. The molecule has 0 spiro atoms. The van der Waals surface area contributed by atoms with Gasteiger partial charge in [-0.2, -0.15) is 0 Å². The predicted molar refractivity (Wildman–Crippen MR) is 82.0 cm³/mol. The summed E-state index contributed by atoms with van der Waals surface area (Å²) in [6.45, 7) is 5.26. The molecular formula is C14H20N2O5S. The van der Waals surface area contributed by atoms with Crippen LogP contribution in [-0.4, -0.2) is 45.5 Å². The average Bonchev–Trinajstić information content (AvgIpc) is 2.94. The molecule has 0 bridgehead atoms. The minimum absolute atomic E-state index is 0.0107. The molecule has 1 fully saturated rings. The van der Waals surface area contributed by atoms with Gasteiger partial charge in [-0.15, -0.1) is 0 Å². The van der Waals surface area contributed by atoms with Crippen LogP contribution in [0.1, 0.15) is 40.0 Å². The third-order valence-corrected chi connectivity index (χ3v) is 4.65. The number of aliphatic carboxylic acids is 1. The van der Waals surface area contributed by atoms with E-state index >= 15 is 0 Å². The van der Waals surface area contributed by atoms with Crippen LogP contribution in [0.15, 0.2) is 4.99 Å². The highest BCUT2D eigenvalue weighted by molar-refractivity contribution is 8.14. The van der Waals surface area contributed by atoms with Crippen LogP contribution in [0.2, 0.25) is 0 Å². The molecule has 0 aromatic rings. The van der Waals surface area contributed by atoms with Gasteiger partial charge >= 0.3 is 12.1 Å². The fourth-order valence-corrected chi connectivity index (χ4v) is 3.68. The van der Waals surface area contributed by atoms with E-state index in [0.29, 0.717) is 17.3 Å². The Balaban J connectivity index is 2.06. The van der Waals surface area contributed by atoms with Crippen LogP contribution in [-0.2, 0) is 14.3 Å². The van der Waals surface area contributed by atoms with Crippen molar-refractivity contribution in [3.63, 3.8) is 0 Å². The van der Waals surface area contributed by atoms with Gasteiger partial charge in [-0.1, -0.05) is 11.8 Å². The van der Waals surface area contributed by atoms with E-state index in [9.17, 15) is 19.5 Å². The number of alkyl carbamates (subject to hydrolysis) is 1. The minimum Gasteiger partial charge on any atom is -0.481 e. The van der Waals surface area contributed by atoms with E-state index in [4.69, 9.17) is 4.74 Å². The number of ketones is 1. The Hall–Kier alpha value is -1.57. The van der Waals surface area contributed by atoms with Crippen LogP contribution in [0, 0.1) is 5.41 Å². The smallest absolute Gasteiger partial charge is 0.413 e. The summed E-state index contributed by atoms with van der Waals surface area (Å²) in [5, 5.41) is 12.4. The normalized spacial score (nSPS) is 28.4. The molecule has 2 atom stereocenters. The van der Waals surface area contributed by atoms with Crippen molar-refractivity contribution in [2.24, 2.45) is 10.4 Å². The molecule has 1 aliphatic heterocycles. The third kappa shape index (κ3) is 3.60. The molecule has 0 saturated heterocycles. The quantitative estimate of drug-likeness (QED) is 0.801. The SMILES string of the molecule is CC(C)(C)OC(=O)NC1=NC(C2(C(=O)O)CCC(=O)C2)CS1. The van der Waals surface area contributed by atoms with Crippen LogP contribution in [0.4, 0.5) is 4.79 Å². The van der Waals surface area contributed by atoms with E-state index in [1.165, 1.54) is 11.8 Å². The number of hydrogen-bond acceptors (Lipinski definition) is 6. The molecule has 2 unspecified atom stereocenters. The number of aliphatic imine (C=N–C) groups is 1. The first-order valence-electron chi connectivity index (χ1n) is 7.08. The topological polar surface area (TPSA) is 105 Å². The first-order chi connectivity index (χ1) is 10.1. The molecule has 122 valence electrons. The summed E-state index contributed by atoms with van der Waals surface area (Å²) in [6, 6.07) is -0.508. The minimum atomic E-state index is -1.14. The maximum absolute atomic E-state index is 11.7. The van der Waals surface area contributed by atoms with Gasteiger partial charge in [0.1, 0.15) is 11.4 Å². The number of thioether (sulfide) groups is 1. The van der Waals surface area contributed by atoms with Gasteiger partial charge in [0.05, 0.1) is 11.5 Å². The lowest BCUT2D eigenvalue weighted by atomic mass is 9.79. The van der Waals surface area contributed by atoms with Crippen molar-refractivity contribution in [1.29, 1.82) is 0 Å². The molecule has 2 N–H and O–H groups in total. The van der Waals surface area contributed by atoms with Gasteiger partial charge in [-0.05, 0) is 27.2 Å². The Morgan fingerprint density at radius 1 is 1.45 bits per heavy atom. The number of nitrogens with zero attached hydrogens (tertiary/aromatic N) is 1. The van der Waals surface area contributed by atoms with Crippen LogP contribution >= 0.6 is 11.8 Å². The fraction of sp³-hybridized carbons (Fsp3) is 0.714. The lowest BCUT2D eigenvalue weighted by Gasteiger charge is -2.27. The van der Waals surface area contributed by atoms with Gasteiger partial charge in [0, 0.05) is 18.6 Å². The summed E-state index contributed by atoms with van der Waals surface area (Å²) >= 11 is 1.27. The monoisotopic (exact) mass is 328 g/mol. The lowest BCUT2D eigenvalue weighted by Crippen LogP contribution is -2.40. The number of rotatable bonds is 2. The highest BCUT2D eigenvalue weighted by Crippen LogP contribution is 2.44. The van der Waals surface area contributed by atoms with E-state index in [2.05, 4.69) is 10.3 Å². The number of hydrogen-bond donors (Lipinski definition) is 2. The van der Waals surface area contributed by atoms with Gasteiger partial charge in [0.25, 0.3) is 0 Å². The number of nitrogens with one attached hydrogen (secondary N) is 1. The average molecular weight is 328 g/mol. The first kappa shape index (κ1) is 16.8. The van der Waals surface area contributed by atoms with Gasteiger partial charge in [0.15, 0.2) is 5.17 Å². The van der Waals surface area contributed by atoms with Crippen LogP contribution in [0.3, 0.4) is 0 Å². The van der Waals surface area contributed by atoms with Crippen molar-refractivity contribution >= 4 is 34.8 Å². The summed E-state index contributed by atoms with van der Waals surface area (Å²) in [7, 11) is 0. The predicted octanol–water partition coefficient (Wildman–Crippen LogP) is 1.81. The fourth-order valence-electron chi connectivity index (χ4n) is 2.62. The van der Waals surface area contributed by atoms with E-state index in [1.54, 1.807) is 20.8 Å². The number of carbonyl (C=O) groups excluding carboxylic acids is 2. The van der Waals surface area contributed by atoms with Crippen molar-refractivity contribution in [2.45, 2.75) is 51.7 Å². The third-order valence-electron chi connectivity index (χ3n) is 3.69. The molecule has 0 aromatic heterocycles. The van der Waals surface area contributed by atoms with E-state index in [0.717, 1.165) is 0 Å². The van der Waals surface area contributed by atoms with E-state index < -0.39 is 29.1 Å². The molecule has 1 amide bonds. The number of carbonyl (C=O) groups is 3. The van der Waals surface area contributed by atoms with Crippen molar-refractivity contribution in [3.8, 4) is 0 Å². The van der Waals surface area contributed by atoms with Gasteiger partial charge < -0.3 is 9.84 Å². The Morgan fingerprint density at radius 2 is 2.14 bits per heavy atom. The molecule has 22 heavy (non-hydrogen) atoms. The Labute approximate surface area is 132 Å². The maximum atomic E-state index is 11.7. The largest absolute Gasteiger partial charge is 0.481 e. The molecule has 0 radical (unpaired) electrons. The van der Waals surface area contributed by atoms with Crippen LogP contribution < -0.4 is 5.32 Å². The van der Waals surface area contributed by atoms with Crippen molar-refractivity contribution in [2.75, 3.05) is 5.75 Å². The molecule has 2 aliphatic rings. The molecule has 7 nitrogen and oxygen atoms in total. The van der Waals surface area contributed by atoms with Crippen LogP contribution in [0.5, 0.6) is 0 Å². The Bertz CT molecular complexity index is 540. The number of carboxylic acid groups (broad SMARTS) is 1. The van der Waals surface area contributed by atoms with Crippen molar-refractivity contribution < 1.29 is 24.2 Å². The molecule has 8 heteroatoms. The summed E-state index contributed by atoms with van der Waals surface area (Å²) in [5.41, 5.74) is -1.76. The van der Waals surface area contributed by atoms with Gasteiger partial charge in [-0.25, -0.2) is 4.79 Å². The summed E-state index contributed by atoms with van der Waals surface area (Å²) in [4.78, 5) is 39.2. The summed E-state index contributed by atoms with van der Waals surface area (Å²) in [6.07, 6.45) is -0.0317. The van der Waals surface area contributed by atoms with E-state index in [1.807, 2.05) is 0 Å². The highest BCUT2D eigenvalue weighted by atomic mass is 32.2. The molecule has 1 aliphatic carbocycles. The Morgan fingerprint density at radius 3 is 2.64 bits per heavy atom. The number of amidine groups is 1. The second-order valence-electron chi connectivity index (χ2n) is 6.56. The van der Waals surface area contributed by atoms with Crippen molar-refractivity contribution in [1.82, 2.24) is 5.32 Å². The summed E-state index contributed by atoms with van der Waals surface area (Å²) in [5.74, 6) is -0.604. The molecule has 1 heterocycles. The zero-order valence-corrected chi connectivity index (χ0v) is 13.7. The number of amides is 1. The number of Topliss-reactive ketones (excluding diaryl/α,β-unsaturated/α-hetero) is 1. The second kappa shape index (κ2) is 5.91. The summed E-state index contributed by atoms with van der Waals surface area (Å²) < 4.78 is 5.14. The standard InChI is InChI=1S/C14H20N2O5S/c1-13(2,3)21-12(20)16-11-15-9(7-22-11)14(10(18)19)5-4-8(17)6-14/h9H,4-7H2,1-3H3,(H,18,19)(H,15,16,20). The number of carboxylic acids is 1. The molecule has 2 rings (SSSR count). The van der Waals surface area contributed by atoms with Gasteiger partial charge in [0.2, 0.25) is 0 Å². The maximum Gasteiger partial charge on any atom is 0.413 e. The first-order valence-corrected chi connectivity index (χ1v) is 8.07. The Kier molecular flexibility index (Phi) is 4.51. The highest BCUT2D eigenvalue weighted by Gasteiger charge is 2.52. The zero-order chi connectivity index (χ0) is 16.5. The van der Waals surface area contributed by atoms with Crippen LogP contribution in [0.25, 0.3) is 0 Å².